The minimum Gasteiger partial charge on any atom is -0.511 e. The van der Waals surface area contributed by atoms with E-state index in [1.807, 2.05) is 0 Å². The number of nitrogens with zero attached hydrogens (tertiary/aromatic N) is 1. The van der Waals surface area contributed by atoms with Gasteiger partial charge in [-0.3, -0.25) is 24.0 Å². The monoisotopic (exact) mass is 512 g/mol. The number of allylic oxidation sites excluding steroid dienone is 2. The average Bonchev–Trinajstić information content (AvgIpc) is 2.86. The molecule has 1 fully saturated rings. The summed E-state index contributed by atoms with van der Waals surface area (Å²) in [6.07, 6.45) is -0.513. The van der Waals surface area contributed by atoms with E-state index >= 15 is 0 Å². The molecule has 194 valence electrons. The number of Topliss-reactive ketones (excluding diaryl/α,β-unsaturated/α-hetero) is 3. The van der Waals surface area contributed by atoms with Crippen LogP contribution in [0.25, 0.3) is 0 Å². The molecule has 3 aliphatic carbocycles. The lowest BCUT2D eigenvalue weighted by atomic mass is 9.60. The van der Waals surface area contributed by atoms with E-state index in [0.29, 0.717) is 0 Å². The van der Waals surface area contributed by atoms with Crippen LogP contribution >= 0.6 is 0 Å². The van der Waals surface area contributed by atoms with Gasteiger partial charge in [-0.2, -0.15) is 0 Å². The molecule has 1 aromatic rings. The number of morpholine rings is 1. The van der Waals surface area contributed by atoms with Crippen molar-refractivity contribution in [3.63, 3.8) is 0 Å². The summed E-state index contributed by atoms with van der Waals surface area (Å²) >= 11 is 0. The number of phenolic OH excluding ortho intramolecular Hbond substituents is 1. The molecule has 12 heteroatoms. The number of carbonyl (C=O) groups excluding carboxylic acids is 5. The van der Waals surface area contributed by atoms with Crippen molar-refractivity contribution in [3.8, 4) is 5.75 Å². The Morgan fingerprint density at radius 3 is 2.38 bits per heavy atom. The quantitative estimate of drug-likeness (QED) is 0.202. The summed E-state index contributed by atoms with van der Waals surface area (Å²) in [5, 5.41) is 43.1. The van der Waals surface area contributed by atoms with Crippen molar-refractivity contribution in [1.29, 1.82) is 0 Å². The van der Waals surface area contributed by atoms with Gasteiger partial charge in [-0.25, -0.2) is 0 Å². The molecule has 37 heavy (non-hydrogen) atoms. The molecule has 0 bridgehead atoms. The lowest BCUT2D eigenvalue weighted by molar-refractivity contribution is -0.144. The zero-order valence-corrected chi connectivity index (χ0v) is 19.5. The predicted octanol–water partition coefficient (Wildman–Crippen LogP) is -0.378. The van der Waals surface area contributed by atoms with Crippen LogP contribution in [0.4, 0.5) is 0 Å². The molecule has 0 unspecified atom stereocenters. The van der Waals surface area contributed by atoms with Crippen molar-refractivity contribution >= 4 is 29.2 Å². The molecule has 0 saturated carbocycles. The number of ether oxygens (including phenoxy) is 1. The zero-order chi connectivity index (χ0) is 26.8. The van der Waals surface area contributed by atoms with Gasteiger partial charge in [0, 0.05) is 36.6 Å². The molecule has 1 aromatic carbocycles. The fourth-order valence-corrected chi connectivity index (χ4v) is 5.86. The number of carbonyl (C=O) groups is 5. The van der Waals surface area contributed by atoms with E-state index in [1.54, 1.807) is 0 Å². The molecule has 2 amide bonds. The number of phenols is 1. The molecule has 3 atom stereocenters. The van der Waals surface area contributed by atoms with E-state index in [2.05, 4.69) is 0 Å². The summed E-state index contributed by atoms with van der Waals surface area (Å²) in [5.74, 6) is -9.21. The maximum absolute atomic E-state index is 13.6. The number of fused-ring (bicyclic) bond motifs is 3. The van der Waals surface area contributed by atoms with Crippen molar-refractivity contribution in [2.75, 3.05) is 26.3 Å². The van der Waals surface area contributed by atoms with Gasteiger partial charge < -0.3 is 35.8 Å². The molecular formula is C25H24N2O10. The fourth-order valence-electron chi connectivity index (χ4n) is 5.86. The van der Waals surface area contributed by atoms with E-state index in [4.69, 9.17) is 10.5 Å². The topological polar surface area (TPSA) is 205 Å². The molecule has 1 aliphatic heterocycles. The van der Waals surface area contributed by atoms with Crippen LogP contribution in [0.1, 0.15) is 39.1 Å². The Kier molecular flexibility index (Phi) is 5.68. The van der Waals surface area contributed by atoms with Crippen molar-refractivity contribution in [1.82, 2.24) is 4.90 Å². The molecule has 0 spiro atoms. The number of aromatic hydroxyl groups is 1. The Bertz CT molecular complexity index is 1350. The van der Waals surface area contributed by atoms with Crippen LogP contribution in [0.2, 0.25) is 0 Å². The molecule has 4 aliphatic rings. The lowest BCUT2D eigenvalue weighted by Crippen LogP contribution is -2.57. The summed E-state index contributed by atoms with van der Waals surface area (Å²) in [6.45, 7) is 1.02. The molecule has 0 aromatic heterocycles. The maximum Gasteiger partial charge on any atom is 0.295 e. The first-order valence-corrected chi connectivity index (χ1v) is 11.7. The van der Waals surface area contributed by atoms with E-state index < -0.39 is 69.4 Å². The smallest absolute Gasteiger partial charge is 0.295 e. The van der Waals surface area contributed by atoms with Crippen molar-refractivity contribution in [2.45, 2.75) is 24.9 Å². The van der Waals surface area contributed by atoms with Crippen molar-refractivity contribution in [3.05, 3.63) is 51.5 Å². The number of hydrogen-bond acceptors (Lipinski definition) is 10. The second-order valence-electron chi connectivity index (χ2n) is 9.63. The minimum atomic E-state index is -2.68. The van der Waals surface area contributed by atoms with E-state index in [1.165, 1.54) is 11.0 Å². The number of aliphatic hydroxyl groups excluding tert-OH is 2. The number of nitrogens with two attached hydrogens (primary N) is 1. The number of ketones is 3. The van der Waals surface area contributed by atoms with Crippen LogP contribution in [0.15, 0.2) is 34.8 Å². The van der Waals surface area contributed by atoms with Gasteiger partial charge in [0.2, 0.25) is 5.78 Å². The van der Waals surface area contributed by atoms with Crippen LogP contribution in [0.5, 0.6) is 5.75 Å². The van der Waals surface area contributed by atoms with Crippen molar-refractivity contribution in [2.24, 2.45) is 17.6 Å². The normalized spacial score (nSPS) is 27.4. The van der Waals surface area contributed by atoms with Gasteiger partial charge in [0.1, 0.15) is 22.8 Å². The van der Waals surface area contributed by atoms with Crippen LogP contribution in [-0.4, -0.2) is 86.4 Å². The lowest BCUT2D eigenvalue weighted by Gasteiger charge is -2.45. The summed E-state index contributed by atoms with van der Waals surface area (Å²) in [7, 11) is 0. The van der Waals surface area contributed by atoms with Gasteiger partial charge in [-0.1, -0.05) is 0 Å². The summed E-state index contributed by atoms with van der Waals surface area (Å²) in [4.78, 5) is 65.6. The Morgan fingerprint density at radius 2 is 1.73 bits per heavy atom. The maximum atomic E-state index is 13.6. The molecule has 12 nitrogen and oxygen atoms in total. The van der Waals surface area contributed by atoms with E-state index in [0.717, 1.165) is 6.07 Å². The molecule has 1 saturated heterocycles. The van der Waals surface area contributed by atoms with Crippen LogP contribution in [0.3, 0.4) is 0 Å². The predicted molar refractivity (Wildman–Crippen MR) is 123 cm³/mol. The fraction of sp³-hybridized carbons (Fsp3) is 0.400. The number of rotatable bonds is 3. The second-order valence-corrected chi connectivity index (χ2v) is 9.63. The Hall–Kier alpha value is -4.03. The SMILES string of the molecule is NC(=O)C1=C(O)C[C@@H]2C[C@@H]3Cc4c(C(=O)C(=O)N5CCOCC5)ccc(O)c4C(=O)C3=C(O)[C@]2(O)C1=O. The van der Waals surface area contributed by atoms with Gasteiger partial charge in [0.25, 0.3) is 17.6 Å². The van der Waals surface area contributed by atoms with Gasteiger partial charge in [0.05, 0.1) is 18.8 Å². The first kappa shape index (κ1) is 24.7. The Morgan fingerprint density at radius 1 is 1.05 bits per heavy atom. The first-order chi connectivity index (χ1) is 17.5. The molecule has 5 rings (SSSR count). The number of aliphatic hydroxyl groups is 3. The highest BCUT2D eigenvalue weighted by Crippen LogP contribution is 2.51. The second kappa shape index (κ2) is 8.53. The van der Waals surface area contributed by atoms with E-state index in [9.17, 15) is 44.4 Å². The van der Waals surface area contributed by atoms with Gasteiger partial charge in [-0.05, 0) is 36.5 Å². The molecular weight excluding hydrogens is 488 g/mol. The number of amides is 2. The van der Waals surface area contributed by atoms with Gasteiger partial charge in [-0.15, -0.1) is 0 Å². The summed E-state index contributed by atoms with van der Waals surface area (Å²) in [6, 6.07) is 2.35. The Balaban J connectivity index is 1.59. The van der Waals surface area contributed by atoms with Crippen LogP contribution in [-0.2, 0) is 25.5 Å². The number of hydrogen-bond donors (Lipinski definition) is 5. The number of benzene rings is 1. The highest BCUT2D eigenvalue weighted by molar-refractivity contribution is 6.43. The minimum absolute atomic E-state index is 0.0692. The Labute approximate surface area is 209 Å². The standard InChI is InChI=1S/C25H24N2O10/c26-23(34)18-15(29)9-11-7-10-8-13-12(19(30)24(35)27-3-5-37-6-4-27)1-2-14(28)17(13)20(31)16(10)21(32)25(11,36)22(18)33/h1-2,10-11,28-29,32,36H,3-9H2,(H2,26,34)/t10-,11+,25+/m1/s1. The molecule has 0 radical (unpaired) electrons. The largest absolute Gasteiger partial charge is 0.511 e. The van der Waals surface area contributed by atoms with Crippen LogP contribution in [0, 0.1) is 11.8 Å². The third kappa shape index (κ3) is 3.47. The average molecular weight is 512 g/mol. The first-order valence-electron chi connectivity index (χ1n) is 11.7. The summed E-state index contributed by atoms with van der Waals surface area (Å²) < 4.78 is 5.21. The van der Waals surface area contributed by atoms with Crippen LogP contribution < -0.4 is 5.73 Å². The van der Waals surface area contributed by atoms with E-state index in [-0.39, 0.29) is 67.8 Å². The molecule has 1 heterocycles. The highest BCUT2D eigenvalue weighted by Gasteiger charge is 2.59. The third-order valence-electron chi connectivity index (χ3n) is 7.68. The zero-order valence-electron chi connectivity index (χ0n) is 19.5. The van der Waals surface area contributed by atoms with Gasteiger partial charge in [0.15, 0.2) is 11.4 Å². The third-order valence-corrected chi connectivity index (χ3v) is 7.68. The molecule has 6 N–H and O–H groups in total. The number of primary amides is 1. The van der Waals surface area contributed by atoms with Gasteiger partial charge >= 0.3 is 0 Å². The highest BCUT2D eigenvalue weighted by atomic mass is 16.5. The van der Waals surface area contributed by atoms with Crippen molar-refractivity contribution < 1.29 is 49.1 Å². The summed E-state index contributed by atoms with van der Waals surface area (Å²) in [5.41, 5.74) is 1.03.